The van der Waals surface area contributed by atoms with Crippen molar-refractivity contribution in [2.75, 3.05) is 0 Å². The van der Waals surface area contributed by atoms with Crippen LogP contribution in [0.15, 0.2) is 56.8 Å². The summed E-state index contributed by atoms with van der Waals surface area (Å²) in [5, 5.41) is 1.64. The zero-order chi connectivity index (χ0) is 24.9. The number of benzene rings is 2. The lowest BCUT2D eigenvalue weighted by Crippen LogP contribution is -2.41. The molecule has 0 unspecified atom stereocenters. The average Bonchev–Trinajstić information content (AvgIpc) is 3.19. The van der Waals surface area contributed by atoms with E-state index < -0.39 is 0 Å². The van der Waals surface area contributed by atoms with E-state index >= 15 is 0 Å². The molecule has 0 N–H and O–H groups in total. The number of hydrogen-bond donors (Lipinski definition) is 0. The smallest absolute Gasteiger partial charge is 0.266 e. The van der Waals surface area contributed by atoms with Gasteiger partial charge in [-0.15, -0.1) is 0 Å². The normalized spacial score (nSPS) is 22.1. The Kier molecular flexibility index (Phi) is 8.76. The monoisotopic (exact) mass is 586 g/mol. The van der Waals surface area contributed by atoms with E-state index in [0.29, 0.717) is 17.7 Å². The number of amidine groups is 1. The van der Waals surface area contributed by atoms with Gasteiger partial charge < -0.3 is 4.74 Å². The molecule has 5 rings (SSSR count). The van der Waals surface area contributed by atoms with E-state index in [0.717, 1.165) is 57.1 Å². The summed E-state index contributed by atoms with van der Waals surface area (Å²) in [4.78, 5) is 21.5. The molecule has 0 atom stereocenters. The number of carbonyl (C=O) groups is 1. The fourth-order valence-corrected chi connectivity index (χ4v) is 6.97. The summed E-state index contributed by atoms with van der Waals surface area (Å²) in [5.41, 5.74) is 2.03. The van der Waals surface area contributed by atoms with Crippen LogP contribution in [0.25, 0.3) is 6.08 Å². The molecular weight excluding hydrogens is 556 g/mol. The average molecular weight is 588 g/mol. The van der Waals surface area contributed by atoms with Crippen molar-refractivity contribution in [1.29, 1.82) is 0 Å². The van der Waals surface area contributed by atoms with Crippen molar-refractivity contribution in [3.8, 4) is 5.75 Å². The van der Waals surface area contributed by atoms with Crippen LogP contribution in [0.4, 0.5) is 0 Å². The number of carbonyl (C=O) groups excluding carboxylic acids is 1. The lowest BCUT2D eigenvalue weighted by atomic mass is 9.94. The Morgan fingerprint density at radius 1 is 1.00 bits per heavy atom. The van der Waals surface area contributed by atoms with Gasteiger partial charge >= 0.3 is 0 Å². The highest BCUT2D eigenvalue weighted by Gasteiger charge is 2.39. The molecule has 4 nitrogen and oxygen atoms in total. The third-order valence-electron chi connectivity index (χ3n) is 7.21. The minimum absolute atomic E-state index is 0.112. The van der Waals surface area contributed by atoms with Crippen LogP contribution in [0, 0.1) is 0 Å². The summed E-state index contributed by atoms with van der Waals surface area (Å²) >= 11 is 11.2. The van der Waals surface area contributed by atoms with Crippen LogP contribution in [0.3, 0.4) is 0 Å². The first-order valence-electron chi connectivity index (χ1n) is 13.0. The molecule has 36 heavy (non-hydrogen) atoms. The first kappa shape index (κ1) is 25.9. The molecule has 3 aliphatic rings. The number of aliphatic imine (C=N–C) groups is 1. The van der Waals surface area contributed by atoms with Gasteiger partial charge in [-0.05, 0) is 94.8 Å². The third kappa shape index (κ3) is 6.38. The second kappa shape index (κ2) is 12.2. The second-order valence-electron chi connectivity index (χ2n) is 9.89. The highest BCUT2D eigenvalue weighted by atomic mass is 79.9. The Bertz CT molecular complexity index is 1140. The van der Waals surface area contributed by atoms with Gasteiger partial charge in [-0.25, -0.2) is 0 Å². The number of hydrogen-bond acceptors (Lipinski definition) is 4. The van der Waals surface area contributed by atoms with Gasteiger partial charge in [0.15, 0.2) is 5.17 Å². The highest BCUT2D eigenvalue weighted by Crippen LogP contribution is 2.39. The quantitative estimate of drug-likeness (QED) is 0.318. The van der Waals surface area contributed by atoms with Gasteiger partial charge in [0.1, 0.15) is 12.4 Å². The van der Waals surface area contributed by atoms with Gasteiger partial charge in [0.05, 0.1) is 15.4 Å². The zero-order valence-electron chi connectivity index (χ0n) is 20.4. The van der Waals surface area contributed by atoms with Crippen molar-refractivity contribution in [3.63, 3.8) is 0 Å². The molecular formula is C29H32BrClN2O2S. The molecule has 2 aromatic carbocycles. The molecule has 190 valence electrons. The Morgan fingerprint density at radius 2 is 1.69 bits per heavy atom. The fourth-order valence-electron chi connectivity index (χ4n) is 5.22. The molecule has 0 radical (unpaired) electrons. The SMILES string of the molecule is O=C1C(=Cc2ccc(OCc3ccc(Cl)cc3)c(Br)c2)SC(=NC2CCCCC2)N1C1CCCCC1. The van der Waals surface area contributed by atoms with Crippen LogP contribution in [0.1, 0.15) is 75.3 Å². The van der Waals surface area contributed by atoms with E-state index in [-0.39, 0.29) is 11.9 Å². The second-order valence-corrected chi connectivity index (χ2v) is 12.2. The highest BCUT2D eigenvalue weighted by molar-refractivity contribution is 9.10. The van der Waals surface area contributed by atoms with E-state index in [1.807, 2.05) is 53.4 Å². The molecule has 1 heterocycles. The van der Waals surface area contributed by atoms with Gasteiger partial charge in [0, 0.05) is 11.1 Å². The van der Waals surface area contributed by atoms with Crippen LogP contribution < -0.4 is 4.74 Å². The van der Waals surface area contributed by atoms with Crippen molar-refractivity contribution in [3.05, 3.63) is 68.0 Å². The summed E-state index contributed by atoms with van der Waals surface area (Å²) in [6.07, 6.45) is 13.9. The van der Waals surface area contributed by atoms with Crippen LogP contribution >= 0.6 is 39.3 Å². The number of ether oxygens (including phenoxy) is 1. The third-order valence-corrected chi connectivity index (χ3v) is 9.07. The Morgan fingerprint density at radius 3 is 2.39 bits per heavy atom. The van der Waals surface area contributed by atoms with E-state index in [4.69, 9.17) is 21.3 Å². The minimum Gasteiger partial charge on any atom is -0.488 e. The maximum absolute atomic E-state index is 13.6. The molecule has 1 aliphatic heterocycles. The Hall–Kier alpha value is -1.76. The summed E-state index contributed by atoms with van der Waals surface area (Å²) in [6, 6.07) is 14.3. The molecule has 0 bridgehead atoms. The molecule has 1 amide bonds. The molecule has 7 heteroatoms. The van der Waals surface area contributed by atoms with Crippen LogP contribution in [-0.2, 0) is 11.4 Å². The van der Waals surface area contributed by atoms with Gasteiger partial charge in [-0.3, -0.25) is 14.7 Å². The summed E-state index contributed by atoms with van der Waals surface area (Å²) in [5.74, 6) is 0.876. The van der Waals surface area contributed by atoms with Crippen molar-refractivity contribution < 1.29 is 9.53 Å². The lowest BCUT2D eigenvalue weighted by molar-refractivity contribution is -0.124. The largest absolute Gasteiger partial charge is 0.488 e. The molecule has 2 aliphatic carbocycles. The van der Waals surface area contributed by atoms with Gasteiger partial charge in [0.2, 0.25) is 0 Å². The lowest BCUT2D eigenvalue weighted by Gasteiger charge is -2.31. The first-order chi connectivity index (χ1) is 17.6. The number of thioether (sulfide) groups is 1. The van der Waals surface area contributed by atoms with E-state index in [2.05, 4.69) is 15.9 Å². The molecule has 2 saturated carbocycles. The maximum Gasteiger partial charge on any atom is 0.266 e. The summed E-state index contributed by atoms with van der Waals surface area (Å²) in [6.45, 7) is 0.460. The minimum atomic E-state index is 0.112. The van der Waals surface area contributed by atoms with Crippen molar-refractivity contribution >= 4 is 56.4 Å². The number of amides is 1. The molecule has 2 aromatic rings. The van der Waals surface area contributed by atoms with Gasteiger partial charge in [-0.2, -0.15) is 0 Å². The Balaban J connectivity index is 1.33. The molecule has 3 fully saturated rings. The van der Waals surface area contributed by atoms with Gasteiger partial charge in [0.25, 0.3) is 5.91 Å². The standard InChI is InChI=1S/C29H32BrClN2O2S/c30-25-17-21(13-16-26(25)35-19-20-11-14-22(31)15-12-20)18-27-28(34)33(24-9-5-2-6-10-24)29(36-27)32-23-7-3-1-4-8-23/h11-18,23-24H,1-10,19H2. The topological polar surface area (TPSA) is 41.9 Å². The van der Waals surface area contributed by atoms with Crippen LogP contribution in [0.5, 0.6) is 5.75 Å². The van der Waals surface area contributed by atoms with Gasteiger partial charge in [-0.1, -0.05) is 68.3 Å². The van der Waals surface area contributed by atoms with Crippen molar-refractivity contribution in [2.45, 2.75) is 82.9 Å². The van der Waals surface area contributed by atoms with E-state index in [1.54, 1.807) is 11.8 Å². The summed E-state index contributed by atoms with van der Waals surface area (Å²) in [7, 11) is 0. The Labute approximate surface area is 231 Å². The van der Waals surface area contributed by atoms with E-state index in [9.17, 15) is 4.79 Å². The van der Waals surface area contributed by atoms with Crippen LogP contribution in [0.2, 0.25) is 5.02 Å². The molecule has 1 saturated heterocycles. The van der Waals surface area contributed by atoms with Crippen molar-refractivity contribution in [2.24, 2.45) is 4.99 Å². The number of nitrogens with zero attached hydrogens (tertiary/aromatic N) is 2. The fraction of sp³-hybridized carbons (Fsp3) is 0.448. The molecule has 0 aromatic heterocycles. The predicted molar refractivity (Wildman–Crippen MR) is 154 cm³/mol. The number of rotatable bonds is 6. The predicted octanol–water partition coefficient (Wildman–Crippen LogP) is 8.62. The number of halogens is 2. The summed E-state index contributed by atoms with van der Waals surface area (Å²) < 4.78 is 6.86. The first-order valence-corrected chi connectivity index (χ1v) is 15.0. The van der Waals surface area contributed by atoms with Crippen molar-refractivity contribution in [1.82, 2.24) is 4.90 Å². The van der Waals surface area contributed by atoms with E-state index in [1.165, 1.54) is 38.5 Å². The van der Waals surface area contributed by atoms with Crippen LogP contribution in [-0.4, -0.2) is 28.1 Å². The molecule has 0 spiro atoms. The maximum atomic E-state index is 13.6. The zero-order valence-corrected chi connectivity index (χ0v) is 23.6.